The summed E-state index contributed by atoms with van der Waals surface area (Å²) in [5.74, 6) is 4.86. The molecule has 4 aliphatic rings. The minimum atomic E-state index is 1.22. The van der Waals surface area contributed by atoms with Crippen LogP contribution in [0.2, 0.25) is 0 Å². The van der Waals surface area contributed by atoms with Crippen molar-refractivity contribution in [1.82, 2.24) is 0 Å². The molecular formula is C10H16. The van der Waals surface area contributed by atoms with Gasteiger partial charge in [-0.3, -0.25) is 0 Å². The van der Waals surface area contributed by atoms with Gasteiger partial charge in [-0.2, -0.15) is 0 Å². The summed E-state index contributed by atoms with van der Waals surface area (Å²) in [5.41, 5.74) is 0. The zero-order chi connectivity index (χ0) is 6.55. The molecule has 0 N–H and O–H groups in total. The molecule has 0 amide bonds. The van der Waals surface area contributed by atoms with Gasteiger partial charge in [0.25, 0.3) is 0 Å². The van der Waals surface area contributed by atoms with Crippen molar-refractivity contribution < 1.29 is 0 Å². The molecule has 56 valence electrons. The maximum atomic E-state index is 1.59. The van der Waals surface area contributed by atoms with Crippen molar-refractivity contribution in [2.75, 3.05) is 0 Å². The maximum absolute atomic E-state index is 1.59. The second-order valence-electron chi connectivity index (χ2n) is 4.52. The lowest BCUT2D eigenvalue weighted by Gasteiger charge is -2.60. The first-order chi connectivity index (χ1) is 4.97. The minimum Gasteiger partial charge on any atom is -0.0527 e. The Bertz CT molecular complexity index is 108. The van der Waals surface area contributed by atoms with Crippen molar-refractivity contribution in [2.24, 2.45) is 23.7 Å². The van der Waals surface area contributed by atoms with Crippen LogP contribution in [0.15, 0.2) is 0 Å². The monoisotopic (exact) mass is 136 g/mol. The third kappa shape index (κ3) is 0.500. The molecule has 0 nitrogen and oxygen atoms in total. The summed E-state index contributed by atoms with van der Waals surface area (Å²) in [7, 11) is 0. The van der Waals surface area contributed by atoms with Gasteiger partial charge >= 0.3 is 0 Å². The van der Waals surface area contributed by atoms with E-state index in [1.807, 2.05) is 0 Å². The van der Waals surface area contributed by atoms with Crippen molar-refractivity contribution in [3.05, 3.63) is 0 Å². The molecule has 0 heterocycles. The minimum absolute atomic E-state index is 1.22. The topological polar surface area (TPSA) is 0 Å². The fourth-order valence-corrected chi connectivity index (χ4v) is 4.02. The highest BCUT2D eigenvalue weighted by atomic mass is 14.6. The second kappa shape index (κ2) is 1.78. The summed E-state index contributed by atoms with van der Waals surface area (Å²) in [5, 5.41) is 0. The zero-order valence-corrected chi connectivity index (χ0v) is 6.55. The fraction of sp³-hybridized carbons (Fsp3) is 1.00. The standard InChI is InChI=1S/C10H16/c1-3-7-9-5-2-6-10(7)8(9)4-1/h7-10H,1-6H2. The third-order valence-electron chi connectivity index (χ3n) is 4.35. The Balaban J connectivity index is 1.86. The first kappa shape index (κ1) is 5.62. The Morgan fingerprint density at radius 3 is 1.10 bits per heavy atom. The molecule has 0 aromatic rings. The first-order valence-electron chi connectivity index (χ1n) is 4.97. The fourth-order valence-electron chi connectivity index (χ4n) is 4.02. The molecule has 4 rings (SSSR count). The molecule has 4 fully saturated rings. The lowest BCUT2D eigenvalue weighted by Crippen LogP contribution is -2.52. The molecule has 0 saturated heterocycles. The van der Waals surface area contributed by atoms with E-state index in [9.17, 15) is 0 Å². The highest BCUT2D eigenvalue weighted by Gasteiger charge is 2.53. The van der Waals surface area contributed by atoms with Crippen molar-refractivity contribution in [3.8, 4) is 0 Å². The number of rotatable bonds is 0. The van der Waals surface area contributed by atoms with E-state index in [2.05, 4.69) is 0 Å². The highest BCUT2D eigenvalue weighted by Crippen LogP contribution is 2.61. The lowest BCUT2D eigenvalue weighted by molar-refractivity contribution is -0.107. The van der Waals surface area contributed by atoms with Crippen LogP contribution >= 0.6 is 0 Å². The maximum Gasteiger partial charge on any atom is -0.0352 e. The Labute approximate surface area is 63.0 Å². The van der Waals surface area contributed by atoms with Crippen molar-refractivity contribution in [1.29, 1.82) is 0 Å². The Morgan fingerprint density at radius 2 is 0.800 bits per heavy atom. The van der Waals surface area contributed by atoms with E-state index in [1.54, 1.807) is 38.5 Å². The number of hydrogen-bond donors (Lipinski definition) is 0. The molecule has 4 saturated carbocycles. The number of fused-ring (bicyclic) bond motifs is 2. The molecule has 0 aliphatic heterocycles. The van der Waals surface area contributed by atoms with Crippen LogP contribution in [-0.2, 0) is 0 Å². The Hall–Kier alpha value is 0. The van der Waals surface area contributed by atoms with E-state index in [0.29, 0.717) is 0 Å². The summed E-state index contributed by atoms with van der Waals surface area (Å²) in [4.78, 5) is 0. The molecular weight excluding hydrogens is 120 g/mol. The van der Waals surface area contributed by atoms with Crippen molar-refractivity contribution in [3.63, 3.8) is 0 Å². The first-order valence-corrected chi connectivity index (χ1v) is 4.97. The van der Waals surface area contributed by atoms with E-state index in [1.165, 1.54) is 23.7 Å². The molecule has 4 bridgehead atoms. The Morgan fingerprint density at radius 1 is 0.500 bits per heavy atom. The van der Waals surface area contributed by atoms with Crippen LogP contribution in [0, 0.1) is 23.7 Å². The largest absolute Gasteiger partial charge is 0.0527 e. The molecule has 10 heavy (non-hydrogen) atoms. The third-order valence-corrected chi connectivity index (χ3v) is 4.35. The van der Waals surface area contributed by atoms with Gasteiger partial charge < -0.3 is 0 Å². The van der Waals surface area contributed by atoms with Crippen LogP contribution in [0.4, 0.5) is 0 Å². The highest BCUT2D eigenvalue weighted by molar-refractivity contribution is 5.02. The van der Waals surface area contributed by atoms with Crippen LogP contribution in [0.5, 0.6) is 0 Å². The van der Waals surface area contributed by atoms with Gasteiger partial charge in [0.1, 0.15) is 0 Å². The average molecular weight is 136 g/mol. The molecule has 0 spiro atoms. The summed E-state index contributed by atoms with van der Waals surface area (Å²) < 4.78 is 0. The molecule has 0 atom stereocenters. The SMILES string of the molecule is C1CC2C3CCCC2C3C1. The van der Waals surface area contributed by atoms with Crippen LogP contribution in [0.3, 0.4) is 0 Å². The molecule has 4 aliphatic carbocycles. The average Bonchev–Trinajstić information content (AvgIpc) is 2.08. The summed E-state index contributed by atoms with van der Waals surface area (Å²) >= 11 is 0. The summed E-state index contributed by atoms with van der Waals surface area (Å²) in [6, 6.07) is 0. The van der Waals surface area contributed by atoms with Gasteiger partial charge in [-0.1, -0.05) is 12.8 Å². The predicted octanol–water partition coefficient (Wildman–Crippen LogP) is 2.83. The lowest BCUT2D eigenvalue weighted by atomic mass is 9.45. The van der Waals surface area contributed by atoms with E-state index in [-0.39, 0.29) is 0 Å². The zero-order valence-electron chi connectivity index (χ0n) is 6.55. The summed E-state index contributed by atoms with van der Waals surface area (Å²) in [6.07, 6.45) is 9.47. The smallest absolute Gasteiger partial charge is 0.0352 e. The van der Waals surface area contributed by atoms with Crippen LogP contribution in [-0.4, -0.2) is 0 Å². The molecule has 0 heteroatoms. The predicted molar refractivity (Wildman–Crippen MR) is 41.7 cm³/mol. The molecule has 0 radical (unpaired) electrons. The summed E-state index contributed by atoms with van der Waals surface area (Å²) in [6.45, 7) is 0. The van der Waals surface area contributed by atoms with Gasteiger partial charge in [-0.05, 0) is 49.4 Å². The van der Waals surface area contributed by atoms with Gasteiger partial charge in [-0.25, -0.2) is 0 Å². The van der Waals surface area contributed by atoms with Gasteiger partial charge in [-0.15, -0.1) is 0 Å². The van der Waals surface area contributed by atoms with Gasteiger partial charge in [0, 0.05) is 0 Å². The van der Waals surface area contributed by atoms with Gasteiger partial charge in [0.05, 0.1) is 0 Å². The van der Waals surface area contributed by atoms with E-state index in [0.717, 1.165) is 0 Å². The molecule has 0 aromatic heterocycles. The van der Waals surface area contributed by atoms with E-state index < -0.39 is 0 Å². The van der Waals surface area contributed by atoms with Gasteiger partial charge in [0.15, 0.2) is 0 Å². The Kier molecular flexibility index (Phi) is 1.00. The van der Waals surface area contributed by atoms with Crippen molar-refractivity contribution >= 4 is 0 Å². The van der Waals surface area contributed by atoms with Crippen LogP contribution in [0.25, 0.3) is 0 Å². The van der Waals surface area contributed by atoms with E-state index >= 15 is 0 Å². The van der Waals surface area contributed by atoms with Gasteiger partial charge in [0.2, 0.25) is 0 Å². The molecule has 0 aromatic carbocycles. The number of hydrogen-bond acceptors (Lipinski definition) is 0. The van der Waals surface area contributed by atoms with Crippen LogP contribution in [0.1, 0.15) is 38.5 Å². The normalized spacial score (nSPS) is 57.6. The van der Waals surface area contributed by atoms with E-state index in [4.69, 9.17) is 0 Å². The van der Waals surface area contributed by atoms with Crippen LogP contribution < -0.4 is 0 Å². The quantitative estimate of drug-likeness (QED) is 0.480. The second-order valence-corrected chi connectivity index (χ2v) is 4.52. The molecule has 0 unspecified atom stereocenters. The van der Waals surface area contributed by atoms with Crippen molar-refractivity contribution in [2.45, 2.75) is 38.5 Å².